The van der Waals surface area contributed by atoms with Gasteiger partial charge in [0.25, 0.3) is 0 Å². The number of carbonyl (C=O) groups is 1. The van der Waals surface area contributed by atoms with Crippen LogP contribution < -0.4 is 10.2 Å². The Bertz CT molecular complexity index is 440. The summed E-state index contributed by atoms with van der Waals surface area (Å²) in [7, 11) is 1.75. The fraction of sp³-hybridized carbons (Fsp3) is 0.667. The number of nitrogens with one attached hydrogen (secondary N) is 1. The summed E-state index contributed by atoms with van der Waals surface area (Å²) in [5.41, 5.74) is 0. The van der Waals surface area contributed by atoms with Crippen molar-refractivity contribution in [1.82, 2.24) is 15.0 Å². The monoisotopic (exact) mass is 299 g/mol. The van der Waals surface area contributed by atoms with E-state index in [9.17, 15) is 4.79 Å². The Balaban J connectivity index is 2.84. The first-order valence-electron chi connectivity index (χ1n) is 6.61. The van der Waals surface area contributed by atoms with Crippen LogP contribution in [0.5, 0.6) is 0 Å². The summed E-state index contributed by atoms with van der Waals surface area (Å²) >= 11 is 1.25. The lowest BCUT2D eigenvalue weighted by molar-refractivity contribution is -0.139. The summed E-state index contributed by atoms with van der Waals surface area (Å²) in [6, 6.07) is 0. The van der Waals surface area contributed by atoms with E-state index in [1.54, 1.807) is 14.0 Å². The van der Waals surface area contributed by atoms with Gasteiger partial charge in [-0.15, -0.1) is 0 Å². The number of thioether (sulfide) groups is 1. The molecule has 0 aromatic carbocycles. The minimum Gasteiger partial charge on any atom is -0.465 e. The molecule has 0 aliphatic heterocycles. The summed E-state index contributed by atoms with van der Waals surface area (Å²) in [5, 5.41) is 3.42. The predicted octanol–water partition coefficient (Wildman–Crippen LogP) is 1.41. The van der Waals surface area contributed by atoms with E-state index in [0.29, 0.717) is 23.7 Å². The van der Waals surface area contributed by atoms with Crippen molar-refractivity contribution < 1.29 is 9.53 Å². The van der Waals surface area contributed by atoms with Gasteiger partial charge in [0.05, 0.1) is 12.4 Å². The summed E-state index contributed by atoms with van der Waals surface area (Å²) < 4.78 is 4.88. The molecule has 0 unspecified atom stereocenters. The van der Waals surface area contributed by atoms with Gasteiger partial charge < -0.3 is 15.0 Å². The summed E-state index contributed by atoms with van der Waals surface area (Å²) in [6.45, 7) is 7.86. The molecule has 8 heteroatoms. The van der Waals surface area contributed by atoms with Crippen LogP contribution in [0.15, 0.2) is 5.16 Å². The van der Waals surface area contributed by atoms with Crippen molar-refractivity contribution in [2.45, 2.75) is 25.9 Å². The summed E-state index contributed by atoms with van der Waals surface area (Å²) in [4.78, 5) is 26.3. The molecule has 0 radical (unpaired) electrons. The third kappa shape index (κ3) is 4.84. The summed E-state index contributed by atoms with van der Waals surface area (Å²) in [6.07, 6.45) is 0. The minimum absolute atomic E-state index is 0.193. The van der Waals surface area contributed by atoms with Gasteiger partial charge in [-0.2, -0.15) is 15.0 Å². The molecule has 0 bridgehead atoms. The molecular formula is C12H21N5O2S. The first-order chi connectivity index (χ1) is 9.64. The molecule has 0 saturated heterocycles. The molecule has 20 heavy (non-hydrogen) atoms. The molecule has 1 rings (SSSR count). The first-order valence-corrected chi connectivity index (χ1v) is 7.60. The van der Waals surface area contributed by atoms with Crippen LogP contribution in [-0.4, -0.2) is 53.4 Å². The molecule has 7 nitrogen and oxygen atoms in total. The second-order valence-corrected chi connectivity index (χ2v) is 4.70. The average Bonchev–Trinajstić information content (AvgIpc) is 2.46. The molecule has 1 N–H and O–H groups in total. The molecule has 0 amide bonds. The van der Waals surface area contributed by atoms with Crippen LogP contribution in [0.25, 0.3) is 0 Å². The second kappa shape index (κ2) is 8.57. The Morgan fingerprint density at radius 2 is 1.95 bits per heavy atom. The molecule has 112 valence electrons. The molecule has 0 fully saturated rings. The fourth-order valence-corrected chi connectivity index (χ4v) is 2.12. The molecule has 0 atom stereocenters. The highest BCUT2D eigenvalue weighted by Crippen LogP contribution is 2.18. The van der Waals surface area contributed by atoms with Gasteiger partial charge in [0, 0.05) is 20.1 Å². The topological polar surface area (TPSA) is 80.2 Å². The number of aromatic nitrogens is 3. The van der Waals surface area contributed by atoms with E-state index in [1.165, 1.54) is 11.8 Å². The summed E-state index contributed by atoms with van der Waals surface area (Å²) in [5.74, 6) is 1.03. The van der Waals surface area contributed by atoms with Crippen molar-refractivity contribution in [1.29, 1.82) is 0 Å². The van der Waals surface area contributed by atoms with Gasteiger partial charge in [-0.05, 0) is 20.8 Å². The third-order valence-electron chi connectivity index (χ3n) is 2.50. The number of anilines is 2. The smallest absolute Gasteiger partial charge is 0.316 e. The fourth-order valence-electron chi connectivity index (χ4n) is 1.50. The molecule has 1 aromatic heterocycles. The molecule has 0 aliphatic rings. The van der Waals surface area contributed by atoms with Crippen molar-refractivity contribution in [2.24, 2.45) is 0 Å². The number of rotatable bonds is 8. The first kappa shape index (κ1) is 16.5. The van der Waals surface area contributed by atoms with Crippen LogP contribution in [-0.2, 0) is 9.53 Å². The number of ether oxygens (including phenoxy) is 1. The Morgan fingerprint density at radius 1 is 1.25 bits per heavy atom. The van der Waals surface area contributed by atoms with Crippen molar-refractivity contribution in [3.8, 4) is 0 Å². The van der Waals surface area contributed by atoms with Crippen molar-refractivity contribution in [3.05, 3.63) is 0 Å². The van der Waals surface area contributed by atoms with E-state index in [-0.39, 0.29) is 11.7 Å². The SMILES string of the molecule is CCOC(=O)CSc1nc(NC)nc(N(CC)CC)n1. The predicted molar refractivity (Wildman–Crippen MR) is 80.3 cm³/mol. The molecular weight excluding hydrogens is 278 g/mol. The maximum Gasteiger partial charge on any atom is 0.316 e. The minimum atomic E-state index is -0.270. The standard InChI is InChI=1S/C12H21N5O2S/c1-5-17(6-2)11-14-10(13-4)15-12(16-11)20-8-9(18)19-7-3/h5-8H2,1-4H3,(H,13,14,15,16). The quantitative estimate of drug-likeness (QED) is 0.570. The van der Waals surface area contributed by atoms with Gasteiger partial charge in [-0.1, -0.05) is 11.8 Å². The van der Waals surface area contributed by atoms with Crippen molar-refractivity contribution in [3.63, 3.8) is 0 Å². The van der Waals surface area contributed by atoms with Crippen LogP contribution in [0.1, 0.15) is 20.8 Å². The number of esters is 1. The van der Waals surface area contributed by atoms with Gasteiger partial charge in [0.15, 0.2) is 5.16 Å². The van der Waals surface area contributed by atoms with E-state index in [1.807, 2.05) is 18.7 Å². The Labute approximate surface area is 123 Å². The van der Waals surface area contributed by atoms with Crippen molar-refractivity contribution in [2.75, 3.05) is 42.7 Å². The van der Waals surface area contributed by atoms with E-state index in [0.717, 1.165) is 13.1 Å². The number of carbonyl (C=O) groups excluding carboxylic acids is 1. The highest BCUT2D eigenvalue weighted by Gasteiger charge is 2.12. The average molecular weight is 299 g/mol. The Kier molecular flexibility index (Phi) is 7.06. The molecule has 1 heterocycles. The molecule has 1 aromatic rings. The number of hydrogen-bond acceptors (Lipinski definition) is 8. The van der Waals surface area contributed by atoms with E-state index < -0.39 is 0 Å². The zero-order valence-electron chi connectivity index (χ0n) is 12.3. The van der Waals surface area contributed by atoms with Crippen LogP contribution in [0, 0.1) is 0 Å². The van der Waals surface area contributed by atoms with Crippen LogP contribution in [0.3, 0.4) is 0 Å². The van der Waals surface area contributed by atoms with Gasteiger partial charge >= 0.3 is 5.97 Å². The number of hydrogen-bond donors (Lipinski definition) is 1. The zero-order valence-corrected chi connectivity index (χ0v) is 13.2. The lowest BCUT2D eigenvalue weighted by Gasteiger charge is -2.19. The van der Waals surface area contributed by atoms with E-state index in [2.05, 4.69) is 20.3 Å². The molecule has 0 aliphatic carbocycles. The largest absolute Gasteiger partial charge is 0.465 e. The number of nitrogens with zero attached hydrogens (tertiary/aromatic N) is 4. The third-order valence-corrected chi connectivity index (χ3v) is 3.32. The lowest BCUT2D eigenvalue weighted by Crippen LogP contribution is -2.25. The second-order valence-electron chi connectivity index (χ2n) is 3.76. The van der Waals surface area contributed by atoms with E-state index in [4.69, 9.17) is 4.74 Å². The van der Waals surface area contributed by atoms with Gasteiger partial charge in [0.1, 0.15) is 0 Å². The lowest BCUT2D eigenvalue weighted by atomic mass is 10.5. The van der Waals surface area contributed by atoms with Gasteiger partial charge in [-0.25, -0.2) is 0 Å². The van der Waals surface area contributed by atoms with Gasteiger partial charge in [0.2, 0.25) is 11.9 Å². The highest BCUT2D eigenvalue weighted by molar-refractivity contribution is 7.99. The maximum atomic E-state index is 11.4. The Morgan fingerprint density at radius 3 is 2.50 bits per heavy atom. The highest BCUT2D eigenvalue weighted by atomic mass is 32.2. The zero-order chi connectivity index (χ0) is 15.0. The molecule has 0 spiro atoms. The van der Waals surface area contributed by atoms with Gasteiger partial charge in [-0.3, -0.25) is 4.79 Å². The van der Waals surface area contributed by atoms with Crippen LogP contribution in [0.2, 0.25) is 0 Å². The van der Waals surface area contributed by atoms with Crippen LogP contribution >= 0.6 is 11.8 Å². The van der Waals surface area contributed by atoms with Crippen molar-refractivity contribution >= 4 is 29.6 Å². The van der Waals surface area contributed by atoms with E-state index >= 15 is 0 Å². The Hall–Kier alpha value is -1.57. The normalized spacial score (nSPS) is 10.2. The molecule has 0 saturated carbocycles. The van der Waals surface area contributed by atoms with Crippen LogP contribution in [0.4, 0.5) is 11.9 Å². The maximum absolute atomic E-state index is 11.4.